The van der Waals surface area contributed by atoms with E-state index in [0.29, 0.717) is 12.5 Å². The number of para-hydroxylation sites is 1. The van der Waals surface area contributed by atoms with Crippen molar-refractivity contribution in [3.05, 3.63) is 18.2 Å². The fraction of sp³-hybridized carbons (Fsp3) is 0.562. The van der Waals surface area contributed by atoms with Crippen molar-refractivity contribution in [2.75, 3.05) is 17.2 Å². The summed E-state index contributed by atoms with van der Waals surface area (Å²) in [6.45, 7) is 8.90. The van der Waals surface area contributed by atoms with E-state index in [0.717, 1.165) is 23.5 Å². The first-order valence-corrected chi connectivity index (χ1v) is 7.31. The average Bonchev–Trinajstić information content (AvgIpc) is 2.50. The smallest absolute Gasteiger partial charge is 0.229 e. The number of ether oxygens (including phenoxy) is 1. The number of amides is 1. The molecule has 4 nitrogen and oxygen atoms in total. The lowest BCUT2D eigenvalue weighted by Crippen LogP contribution is -2.27. The van der Waals surface area contributed by atoms with Gasteiger partial charge in [-0.15, -0.1) is 0 Å². The van der Waals surface area contributed by atoms with Crippen LogP contribution in [0, 0.1) is 11.8 Å². The van der Waals surface area contributed by atoms with E-state index in [1.54, 1.807) is 0 Å². The molecule has 1 aliphatic rings. The summed E-state index contributed by atoms with van der Waals surface area (Å²) in [5, 5.41) is 6.39. The standard InChI is InChI=1S/C16H24N2O2/c1-10(2)8-12-9-17-13-6-5-7-14(20-11(3)4)15(13)18-16(12)19/h5-7,10-12,17H,8-9H2,1-4H3,(H,18,19). The Morgan fingerprint density at radius 1 is 1.30 bits per heavy atom. The van der Waals surface area contributed by atoms with Gasteiger partial charge in [0.25, 0.3) is 0 Å². The van der Waals surface area contributed by atoms with Crippen LogP contribution < -0.4 is 15.4 Å². The zero-order valence-corrected chi connectivity index (χ0v) is 12.7. The Labute approximate surface area is 120 Å². The van der Waals surface area contributed by atoms with E-state index in [-0.39, 0.29) is 17.9 Å². The van der Waals surface area contributed by atoms with Gasteiger partial charge in [0.1, 0.15) is 11.4 Å². The highest BCUT2D eigenvalue weighted by Crippen LogP contribution is 2.36. The second kappa shape index (κ2) is 6.16. The van der Waals surface area contributed by atoms with Gasteiger partial charge in [0.15, 0.2) is 0 Å². The molecule has 0 fully saturated rings. The lowest BCUT2D eigenvalue weighted by atomic mass is 9.96. The molecule has 2 N–H and O–H groups in total. The molecular formula is C16H24N2O2. The SMILES string of the molecule is CC(C)CC1CNc2cccc(OC(C)C)c2NC1=O. The molecular weight excluding hydrogens is 252 g/mol. The molecule has 1 unspecified atom stereocenters. The third-order valence-electron chi connectivity index (χ3n) is 3.30. The maximum absolute atomic E-state index is 12.3. The molecule has 1 amide bonds. The van der Waals surface area contributed by atoms with Crippen LogP contribution in [-0.2, 0) is 4.79 Å². The van der Waals surface area contributed by atoms with Gasteiger partial charge in [0.05, 0.1) is 17.7 Å². The quantitative estimate of drug-likeness (QED) is 0.885. The van der Waals surface area contributed by atoms with Gasteiger partial charge in [0.2, 0.25) is 5.91 Å². The molecule has 1 aromatic rings. The summed E-state index contributed by atoms with van der Waals surface area (Å²) in [6.07, 6.45) is 0.959. The monoisotopic (exact) mass is 276 g/mol. The first kappa shape index (κ1) is 14.7. The van der Waals surface area contributed by atoms with Crippen molar-refractivity contribution in [2.24, 2.45) is 11.8 Å². The highest BCUT2D eigenvalue weighted by molar-refractivity contribution is 5.99. The number of rotatable bonds is 4. The van der Waals surface area contributed by atoms with Gasteiger partial charge >= 0.3 is 0 Å². The molecule has 0 saturated carbocycles. The van der Waals surface area contributed by atoms with E-state index in [2.05, 4.69) is 24.5 Å². The third kappa shape index (κ3) is 3.44. The van der Waals surface area contributed by atoms with E-state index < -0.39 is 0 Å². The van der Waals surface area contributed by atoms with Gasteiger partial charge in [0, 0.05) is 6.54 Å². The lowest BCUT2D eigenvalue weighted by molar-refractivity contribution is -0.119. The van der Waals surface area contributed by atoms with Gasteiger partial charge in [-0.1, -0.05) is 19.9 Å². The molecule has 1 heterocycles. The highest BCUT2D eigenvalue weighted by Gasteiger charge is 2.26. The topological polar surface area (TPSA) is 50.4 Å². The Hall–Kier alpha value is -1.71. The van der Waals surface area contributed by atoms with Crippen LogP contribution in [0.15, 0.2) is 18.2 Å². The lowest BCUT2D eigenvalue weighted by Gasteiger charge is -2.16. The molecule has 0 saturated heterocycles. The molecule has 0 radical (unpaired) electrons. The summed E-state index contributed by atoms with van der Waals surface area (Å²) in [5.74, 6) is 1.29. The number of fused-ring (bicyclic) bond motifs is 1. The molecule has 2 rings (SSSR count). The predicted molar refractivity (Wildman–Crippen MR) is 82.3 cm³/mol. The largest absolute Gasteiger partial charge is 0.489 e. The molecule has 1 aliphatic heterocycles. The van der Waals surface area contributed by atoms with E-state index in [1.165, 1.54) is 0 Å². The normalized spacial score (nSPS) is 18.3. The Morgan fingerprint density at radius 3 is 2.70 bits per heavy atom. The fourth-order valence-corrected chi connectivity index (χ4v) is 2.47. The number of carbonyl (C=O) groups excluding carboxylic acids is 1. The van der Waals surface area contributed by atoms with E-state index in [1.807, 2.05) is 32.0 Å². The number of hydrogen-bond acceptors (Lipinski definition) is 3. The predicted octanol–water partition coefficient (Wildman–Crippen LogP) is 3.50. The number of carbonyl (C=O) groups is 1. The maximum atomic E-state index is 12.3. The minimum absolute atomic E-state index is 0.00528. The minimum atomic E-state index is -0.00528. The van der Waals surface area contributed by atoms with Crippen molar-refractivity contribution in [2.45, 2.75) is 40.2 Å². The summed E-state index contributed by atoms with van der Waals surface area (Å²) in [6, 6.07) is 5.81. The summed E-state index contributed by atoms with van der Waals surface area (Å²) < 4.78 is 5.78. The Kier molecular flexibility index (Phi) is 4.53. The molecule has 4 heteroatoms. The van der Waals surface area contributed by atoms with Crippen LogP contribution in [0.2, 0.25) is 0 Å². The van der Waals surface area contributed by atoms with Crippen LogP contribution in [-0.4, -0.2) is 18.6 Å². The van der Waals surface area contributed by atoms with Crippen molar-refractivity contribution in [3.63, 3.8) is 0 Å². The van der Waals surface area contributed by atoms with Crippen LogP contribution in [0.1, 0.15) is 34.1 Å². The third-order valence-corrected chi connectivity index (χ3v) is 3.30. The fourth-order valence-electron chi connectivity index (χ4n) is 2.47. The molecule has 1 aromatic carbocycles. The molecule has 0 bridgehead atoms. The van der Waals surface area contributed by atoms with Crippen LogP contribution in [0.4, 0.5) is 11.4 Å². The Bertz CT molecular complexity index is 483. The summed E-state index contributed by atoms with van der Waals surface area (Å²) in [7, 11) is 0. The molecule has 1 atom stereocenters. The molecule has 0 spiro atoms. The molecule has 0 aliphatic carbocycles. The van der Waals surface area contributed by atoms with Crippen molar-refractivity contribution < 1.29 is 9.53 Å². The minimum Gasteiger partial charge on any atom is -0.489 e. The van der Waals surface area contributed by atoms with Gasteiger partial charge in [-0.2, -0.15) is 0 Å². The maximum Gasteiger partial charge on any atom is 0.229 e. The number of hydrogen-bond donors (Lipinski definition) is 2. The van der Waals surface area contributed by atoms with Crippen molar-refractivity contribution in [3.8, 4) is 5.75 Å². The zero-order valence-electron chi connectivity index (χ0n) is 12.7. The summed E-state index contributed by atoms with van der Waals surface area (Å²) in [5.41, 5.74) is 1.69. The van der Waals surface area contributed by atoms with Crippen LogP contribution in [0.3, 0.4) is 0 Å². The number of nitrogens with one attached hydrogen (secondary N) is 2. The zero-order chi connectivity index (χ0) is 14.7. The first-order chi connectivity index (χ1) is 9.47. The van der Waals surface area contributed by atoms with Gasteiger partial charge in [-0.05, 0) is 38.3 Å². The van der Waals surface area contributed by atoms with Crippen molar-refractivity contribution in [1.82, 2.24) is 0 Å². The number of anilines is 2. The average molecular weight is 276 g/mol. The second-order valence-electron chi connectivity index (χ2n) is 6.04. The van der Waals surface area contributed by atoms with Crippen LogP contribution in [0.5, 0.6) is 5.75 Å². The summed E-state index contributed by atoms with van der Waals surface area (Å²) >= 11 is 0. The highest BCUT2D eigenvalue weighted by atomic mass is 16.5. The van der Waals surface area contributed by atoms with Gasteiger partial charge < -0.3 is 15.4 Å². The van der Waals surface area contributed by atoms with Crippen molar-refractivity contribution >= 4 is 17.3 Å². The Morgan fingerprint density at radius 2 is 2.05 bits per heavy atom. The number of benzene rings is 1. The van der Waals surface area contributed by atoms with Gasteiger partial charge in [-0.3, -0.25) is 4.79 Å². The molecule has 0 aromatic heterocycles. The van der Waals surface area contributed by atoms with Gasteiger partial charge in [-0.25, -0.2) is 0 Å². The first-order valence-electron chi connectivity index (χ1n) is 7.31. The summed E-state index contributed by atoms with van der Waals surface area (Å²) in [4.78, 5) is 12.3. The van der Waals surface area contributed by atoms with Crippen LogP contribution >= 0.6 is 0 Å². The Balaban J connectivity index is 2.24. The van der Waals surface area contributed by atoms with Crippen molar-refractivity contribution in [1.29, 1.82) is 0 Å². The van der Waals surface area contributed by atoms with E-state index in [9.17, 15) is 4.79 Å². The second-order valence-corrected chi connectivity index (χ2v) is 6.04. The van der Waals surface area contributed by atoms with Crippen LogP contribution in [0.25, 0.3) is 0 Å². The van der Waals surface area contributed by atoms with E-state index in [4.69, 9.17) is 4.74 Å². The molecule has 110 valence electrons. The van der Waals surface area contributed by atoms with E-state index >= 15 is 0 Å². The molecule has 20 heavy (non-hydrogen) atoms.